The molecule has 0 bridgehead atoms. The average molecular weight is 333 g/mol. The summed E-state index contributed by atoms with van der Waals surface area (Å²) in [5.41, 5.74) is 1.75. The summed E-state index contributed by atoms with van der Waals surface area (Å²) in [7, 11) is 0. The Morgan fingerprint density at radius 1 is 1.09 bits per heavy atom. The Morgan fingerprint density at radius 3 is 2.64 bits per heavy atom. The normalized spacial score (nSPS) is 10.5. The fourth-order valence-corrected chi connectivity index (χ4v) is 2.24. The van der Waals surface area contributed by atoms with Crippen molar-refractivity contribution in [2.75, 3.05) is 5.32 Å². The third-order valence-corrected chi connectivity index (χ3v) is 3.74. The average Bonchev–Trinajstić information content (AvgIpc) is 3.04. The van der Waals surface area contributed by atoms with Crippen LogP contribution < -0.4 is 5.32 Å². The predicted molar refractivity (Wildman–Crippen MR) is 85.8 cm³/mol. The Hall–Kier alpha value is -2.37. The standard InChI is InChI=1S/C15H10Cl2N4O/c16-11-6-5-10(7-12(11)17)15(22)20-13-3-1-2-4-14(13)21-9-18-8-19-21/h1-9H,(H,20,22). The highest BCUT2D eigenvalue weighted by Crippen LogP contribution is 2.24. The van der Waals surface area contributed by atoms with E-state index in [4.69, 9.17) is 23.2 Å². The van der Waals surface area contributed by atoms with Crippen LogP contribution in [0.2, 0.25) is 10.0 Å². The molecule has 0 aliphatic carbocycles. The molecule has 1 heterocycles. The van der Waals surface area contributed by atoms with Crippen molar-refractivity contribution in [3.8, 4) is 5.69 Å². The number of carbonyl (C=O) groups excluding carboxylic acids is 1. The molecule has 3 aromatic rings. The maximum Gasteiger partial charge on any atom is 0.255 e. The third kappa shape index (κ3) is 2.95. The fourth-order valence-electron chi connectivity index (χ4n) is 1.94. The van der Waals surface area contributed by atoms with Crippen LogP contribution in [0.25, 0.3) is 5.69 Å². The van der Waals surface area contributed by atoms with Gasteiger partial charge in [-0.15, -0.1) is 0 Å². The van der Waals surface area contributed by atoms with Gasteiger partial charge in [0.05, 0.1) is 21.4 Å². The first-order chi connectivity index (χ1) is 10.6. The first kappa shape index (κ1) is 14.6. The topological polar surface area (TPSA) is 59.8 Å². The Kier molecular flexibility index (Phi) is 4.09. The summed E-state index contributed by atoms with van der Waals surface area (Å²) in [6.45, 7) is 0. The number of para-hydroxylation sites is 2. The van der Waals surface area contributed by atoms with E-state index in [0.717, 1.165) is 0 Å². The molecule has 0 radical (unpaired) electrons. The summed E-state index contributed by atoms with van der Waals surface area (Å²) in [6, 6.07) is 12.0. The highest BCUT2D eigenvalue weighted by molar-refractivity contribution is 6.42. The Bertz CT molecular complexity index is 818. The second kappa shape index (κ2) is 6.17. The van der Waals surface area contributed by atoms with Crippen LogP contribution in [0.15, 0.2) is 55.1 Å². The van der Waals surface area contributed by atoms with Crippen LogP contribution in [0, 0.1) is 0 Å². The highest BCUT2D eigenvalue weighted by atomic mass is 35.5. The van der Waals surface area contributed by atoms with E-state index in [9.17, 15) is 4.79 Å². The molecule has 1 N–H and O–H groups in total. The van der Waals surface area contributed by atoms with E-state index in [1.807, 2.05) is 18.2 Å². The fraction of sp³-hybridized carbons (Fsp3) is 0. The largest absolute Gasteiger partial charge is 0.320 e. The minimum atomic E-state index is -0.286. The molecule has 7 heteroatoms. The molecule has 0 spiro atoms. The van der Waals surface area contributed by atoms with Crippen LogP contribution in [0.1, 0.15) is 10.4 Å². The monoisotopic (exact) mass is 332 g/mol. The molecular weight excluding hydrogens is 323 g/mol. The molecule has 2 aromatic carbocycles. The van der Waals surface area contributed by atoms with Crippen molar-refractivity contribution in [3.05, 3.63) is 70.7 Å². The lowest BCUT2D eigenvalue weighted by Gasteiger charge is -2.11. The van der Waals surface area contributed by atoms with E-state index in [0.29, 0.717) is 27.0 Å². The van der Waals surface area contributed by atoms with Gasteiger partial charge in [-0.2, -0.15) is 5.10 Å². The van der Waals surface area contributed by atoms with Crippen LogP contribution in [0.5, 0.6) is 0 Å². The van der Waals surface area contributed by atoms with Crippen molar-refractivity contribution >= 4 is 34.8 Å². The molecule has 1 amide bonds. The molecule has 110 valence electrons. The number of carbonyl (C=O) groups is 1. The second-order valence-corrected chi connectivity index (χ2v) is 5.25. The highest BCUT2D eigenvalue weighted by Gasteiger charge is 2.11. The van der Waals surface area contributed by atoms with Gasteiger partial charge in [-0.25, -0.2) is 9.67 Å². The molecule has 0 fully saturated rings. The van der Waals surface area contributed by atoms with Gasteiger partial charge in [0.15, 0.2) is 0 Å². The van der Waals surface area contributed by atoms with E-state index in [-0.39, 0.29) is 5.91 Å². The zero-order chi connectivity index (χ0) is 15.5. The van der Waals surface area contributed by atoms with E-state index in [2.05, 4.69) is 15.4 Å². The molecule has 1 aromatic heterocycles. The van der Waals surface area contributed by atoms with Gasteiger partial charge >= 0.3 is 0 Å². The first-order valence-electron chi connectivity index (χ1n) is 6.35. The van der Waals surface area contributed by atoms with Gasteiger partial charge in [-0.1, -0.05) is 35.3 Å². The number of rotatable bonds is 3. The van der Waals surface area contributed by atoms with Crippen molar-refractivity contribution in [3.63, 3.8) is 0 Å². The lowest BCUT2D eigenvalue weighted by molar-refractivity contribution is 0.102. The van der Waals surface area contributed by atoms with Crippen LogP contribution in [-0.4, -0.2) is 20.7 Å². The van der Waals surface area contributed by atoms with E-state index >= 15 is 0 Å². The number of benzene rings is 2. The molecule has 0 saturated heterocycles. The van der Waals surface area contributed by atoms with Gasteiger partial charge in [-0.3, -0.25) is 4.79 Å². The van der Waals surface area contributed by atoms with Crippen molar-refractivity contribution in [2.24, 2.45) is 0 Å². The predicted octanol–water partition coefficient (Wildman–Crippen LogP) is 3.83. The van der Waals surface area contributed by atoms with Gasteiger partial charge < -0.3 is 5.32 Å². The number of nitrogens with one attached hydrogen (secondary N) is 1. The van der Waals surface area contributed by atoms with E-state index in [1.165, 1.54) is 12.4 Å². The number of halogens is 2. The Labute approximate surface area is 136 Å². The molecule has 0 saturated carbocycles. The van der Waals surface area contributed by atoms with Crippen LogP contribution in [-0.2, 0) is 0 Å². The smallest absolute Gasteiger partial charge is 0.255 e. The summed E-state index contributed by atoms with van der Waals surface area (Å²) in [6.07, 6.45) is 2.99. The summed E-state index contributed by atoms with van der Waals surface area (Å²) in [4.78, 5) is 16.2. The van der Waals surface area contributed by atoms with Gasteiger partial charge in [0.25, 0.3) is 5.91 Å². The lowest BCUT2D eigenvalue weighted by atomic mass is 10.2. The molecule has 22 heavy (non-hydrogen) atoms. The minimum Gasteiger partial charge on any atom is -0.320 e. The van der Waals surface area contributed by atoms with Gasteiger partial charge in [0.2, 0.25) is 0 Å². The van der Waals surface area contributed by atoms with Crippen molar-refractivity contribution in [1.82, 2.24) is 14.8 Å². The number of hydrogen-bond donors (Lipinski definition) is 1. The van der Waals surface area contributed by atoms with Crippen LogP contribution in [0.3, 0.4) is 0 Å². The maximum atomic E-state index is 12.3. The maximum absolute atomic E-state index is 12.3. The first-order valence-corrected chi connectivity index (χ1v) is 7.11. The molecule has 0 unspecified atom stereocenters. The molecule has 0 atom stereocenters. The molecular formula is C15H10Cl2N4O. The van der Waals surface area contributed by atoms with Crippen molar-refractivity contribution in [2.45, 2.75) is 0 Å². The number of hydrogen-bond acceptors (Lipinski definition) is 3. The number of anilines is 1. The molecule has 0 aliphatic heterocycles. The lowest BCUT2D eigenvalue weighted by Crippen LogP contribution is -2.14. The van der Waals surface area contributed by atoms with Crippen molar-refractivity contribution in [1.29, 1.82) is 0 Å². The van der Waals surface area contributed by atoms with Crippen LogP contribution >= 0.6 is 23.2 Å². The number of aromatic nitrogens is 3. The molecule has 5 nitrogen and oxygen atoms in total. The number of nitrogens with zero attached hydrogens (tertiary/aromatic N) is 3. The van der Waals surface area contributed by atoms with Crippen LogP contribution in [0.4, 0.5) is 5.69 Å². The molecule has 0 aliphatic rings. The number of amides is 1. The minimum absolute atomic E-state index is 0.286. The summed E-state index contributed by atoms with van der Waals surface area (Å²) in [5, 5.41) is 7.64. The quantitative estimate of drug-likeness (QED) is 0.792. The van der Waals surface area contributed by atoms with Crippen molar-refractivity contribution < 1.29 is 4.79 Å². The van der Waals surface area contributed by atoms with E-state index < -0.39 is 0 Å². The van der Waals surface area contributed by atoms with Gasteiger partial charge in [-0.05, 0) is 30.3 Å². The second-order valence-electron chi connectivity index (χ2n) is 4.44. The van der Waals surface area contributed by atoms with Gasteiger partial charge in [0.1, 0.15) is 12.7 Å². The Balaban J connectivity index is 1.90. The van der Waals surface area contributed by atoms with Gasteiger partial charge in [0, 0.05) is 5.56 Å². The zero-order valence-corrected chi connectivity index (χ0v) is 12.7. The SMILES string of the molecule is O=C(Nc1ccccc1-n1cncn1)c1ccc(Cl)c(Cl)c1. The summed E-state index contributed by atoms with van der Waals surface area (Å²) >= 11 is 11.8. The Morgan fingerprint density at radius 2 is 1.91 bits per heavy atom. The third-order valence-electron chi connectivity index (χ3n) is 3.00. The zero-order valence-electron chi connectivity index (χ0n) is 11.2. The van der Waals surface area contributed by atoms with E-state index in [1.54, 1.807) is 29.2 Å². The summed E-state index contributed by atoms with van der Waals surface area (Å²) in [5.74, 6) is -0.286. The molecule has 3 rings (SSSR count). The summed E-state index contributed by atoms with van der Waals surface area (Å²) < 4.78 is 1.57.